The van der Waals surface area contributed by atoms with Crippen molar-refractivity contribution in [3.8, 4) is 17.0 Å². The van der Waals surface area contributed by atoms with Gasteiger partial charge in [-0.15, -0.1) is 11.8 Å². The topological polar surface area (TPSA) is 101 Å². The molecule has 0 N–H and O–H groups in total. The highest BCUT2D eigenvalue weighted by atomic mass is 32.2. The largest absolute Gasteiger partial charge is 0.474 e. The quantitative estimate of drug-likeness (QED) is 0.476. The van der Waals surface area contributed by atoms with Crippen LogP contribution in [0, 0.1) is 6.92 Å². The minimum absolute atomic E-state index is 0.300. The third kappa shape index (κ3) is 6.23. The van der Waals surface area contributed by atoms with Crippen molar-refractivity contribution < 1.29 is 33.3 Å². The predicted molar refractivity (Wildman–Crippen MR) is 118 cm³/mol. The highest BCUT2D eigenvalue weighted by Crippen LogP contribution is 2.34. The average Bonchev–Trinajstić information content (AvgIpc) is 2.72. The van der Waals surface area contributed by atoms with Crippen LogP contribution in [0.4, 0.5) is 0 Å². The van der Waals surface area contributed by atoms with Crippen LogP contribution in [-0.2, 0) is 28.6 Å². The summed E-state index contributed by atoms with van der Waals surface area (Å²) in [7, 11) is 0. The van der Waals surface area contributed by atoms with Gasteiger partial charge in [0.2, 0.25) is 0 Å². The van der Waals surface area contributed by atoms with E-state index in [4.69, 9.17) is 18.9 Å². The molecule has 1 aromatic carbocycles. The summed E-state index contributed by atoms with van der Waals surface area (Å²) in [6, 6.07) is 11.6. The fourth-order valence-electron chi connectivity index (χ4n) is 3.29. The maximum absolute atomic E-state index is 11.7. The van der Waals surface area contributed by atoms with Gasteiger partial charge >= 0.3 is 17.9 Å². The van der Waals surface area contributed by atoms with Gasteiger partial charge in [-0.1, -0.05) is 29.8 Å². The molecule has 1 saturated heterocycles. The Morgan fingerprint density at radius 3 is 2.06 bits per heavy atom. The van der Waals surface area contributed by atoms with Gasteiger partial charge in [-0.25, -0.2) is 0 Å². The van der Waals surface area contributed by atoms with Gasteiger partial charge < -0.3 is 18.9 Å². The number of nitrogens with zero attached hydrogens (tertiary/aromatic N) is 1. The second-order valence-electron chi connectivity index (χ2n) is 7.36. The average molecular weight is 460 g/mol. The second kappa shape index (κ2) is 10.5. The van der Waals surface area contributed by atoms with Crippen molar-refractivity contribution >= 4 is 29.7 Å². The molecule has 0 amide bonds. The molecule has 0 saturated carbocycles. The lowest BCUT2D eigenvalue weighted by Crippen LogP contribution is -2.55. The smallest absolute Gasteiger partial charge is 0.303 e. The van der Waals surface area contributed by atoms with Crippen LogP contribution in [-0.4, -0.2) is 52.4 Å². The van der Waals surface area contributed by atoms with Crippen LogP contribution in [0.5, 0.6) is 5.75 Å². The summed E-state index contributed by atoms with van der Waals surface area (Å²) in [5, 5.41) is 0. The minimum atomic E-state index is -0.994. The third-order valence-corrected chi connectivity index (χ3v) is 5.85. The molecule has 1 aromatic heterocycles. The highest BCUT2D eigenvalue weighted by molar-refractivity contribution is 7.99. The number of hydrogen-bond donors (Lipinski definition) is 0. The summed E-state index contributed by atoms with van der Waals surface area (Å²) in [6.45, 7) is 5.77. The number of carbonyl (C=O) groups is 3. The molecule has 1 aliphatic rings. The summed E-state index contributed by atoms with van der Waals surface area (Å²) < 4.78 is 22.1. The van der Waals surface area contributed by atoms with E-state index in [-0.39, 0.29) is 0 Å². The molecule has 2 heterocycles. The number of pyridine rings is 1. The normalized spacial score (nSPS) is 22.5. The van der Waals surface area contributed by atoms with E-state index in [1.165, 1.54) is 32.5 Å². The molecule has 1 unspecified atom stereocenters. The number of hydrogen-bond acceptors (Lipinski definition) is 9. The Bertz CT molecular complexity index is 961. The Labute approximate surface area is 190 Å². The second-order valence-corrected chi connectivity index (χ2v) is 8.49. The van der Waals surface area contributed by atoms with E-state index in [1.807, 2.05) is 37.3 Å². The molecule has 0 radical (unpaired) electrons. The summed E-state index contributed by atoms with van der Waals surface area (Å²) >= 11 is 1.30. The van der Waals surface area contributed by atoms with Gasteiger partial charge in [0.25, 0.3) is 0 Å². The highest BCUT2D eigenvalue weighted by Gasteiger charge is 2.47. The number of rotatable bonds is 6. The van der Waals surface area contributed by atoms with Crippen LogP contribution in [0.1, 0.15) is 26.3 Å². The Morgan fingerprint density at radius 2 is 1.50 bits per heavy atom. The standard InChI is InChI=1S/C23H25NO7S/c1-13-5-7-17(8-6-13)19-10-9-18(11-24-19)31-23-22(30-16(4)27)21(29-15(3)26)20(12-32-23)28-14(2)25/h5-11,20-23H,12H2,1-4H3/t20-,21+,22-,23?/m1/s1. The SMILES string of the molecule is CC(=O)O[C@H]1[C@H](OC(C)=O)CSC(Oc2ccc(-c3ccc(C)cc3)nc2)[C@@H]1OC(C)=O. The van der Waals surface area contributed by atoms with Crippen molar-refractivity contribution in [1.29, 1.82) is 0 Å². The number of esters is 3. The lowest BCUT2D eigenvalue weighted by molar-refractivity contribution is -0.186. The minimum Gasteiger partial charge on any atom is -0.474 e. The van der Waals surface area contributed by atoms with Crippen molar-refractivity contribution in [2.24, 2.45) is 0 Å². The number of carbonyl (C=O) groups excluding carboxylic acids is 3. The van der Waals surface area contributed by atoms with E-state index >= 15 is 0 Å². The Balaban J connectivity index is 1.80. The van der Waals surface area contributed by atoms with Crippen LogP contribution in [0.3, 0.4) is 0 Å². The van der Waals surface area contributed by atoms with Crippen LogP contribution in [0.15, 0.2) is 42.6 Å². The molecule has 170 valence electrons. The van der Waals surface area contributed by atoms with Crippen molar-refractivity contribution in [2.75, 3.05) is 5.75 Å². The number of thioether (sulfide) groups is 1. The molecule has 0 aliphatic carbocycles. The first-order valence-electron chi connectivity index (χ1n) is 10.1. The monoisotopic (exact) mass is 459 g/mol. The zero-order chi connectivity index (χ0) is 23.3. The van der Waals surface area contributed by atoms with Gasteiger partial charge in [0.05, 0.1) is 11.9 Å². The van der Waals surface area contributed by atoms with E-state index < -0.39 is 41.7 Å². The molecule has 4 atom stereocenters. The molecule has 32 heavy (non-hydrogen) atoms. The maximum Gasteiger partial charge on any atom is 0.303 e. The van der Waals surface area contributed by atoms with Crippen molar-refractivity contribution in [3.05, 3.63) is 48.2 Å². The fourth-order valence-corrected chi connectivity index (χ4v) is 4.51. The van der Waals surface area contributed by atoms with Gasteiger partial charge in [-0.2, -0.15) is 0 Å². The van der Waals surface area contributed by atoms with Crippen LogP contribution in [0.2, 0.25) is 0 Å². The van der Waals surface area contributed by atoms with E-state index in [0.717, 1.165) is 16.8 Å². The number of benzene rings is 1. The van der Waals surface area contributed by atoms with Crippen LogP contribution >= 0.6 is 11.8 Å². The molecular weight excluding hydrogens is 434 g/mol. The first kappa shape index (κ1) is 23.6. The van der Waals surface area contributed by atoms with Gasteiger partial charge in [0.15, 0.2) is 23.7 Å². The van der Waals surface area contributed by atoms with E-state index in [0.29, 0.717) is 11.5 Å². The summed E-state index contributed by atoms with van der Waals surface area (Å²) in [5.74, 6) is -0.918. The predicted octanol–water partition coefficient (Wildman–Crippen LogP) is 3.30. The molecule has 1 fully saturated rings. The van der Waals surface area contributed by atoms with Crippen molar-refractivity contribution in [2.45, 2.75) is 51.4 Å². The first-order valence-corrected chi connectivity index (χ1v) is 11.1. The third-order valence-electron chi connectivity index (χ3n) is 4.64. The summed E-state index contributed by atoms with van der Waals surface area (Å²) in [4.78, 5) is 39.4. The van der Waals surface area contributed by atoms with Gasteiger partial charge in [0, 0.05) is 32.1 Å². The van der Waals surface area contributed by atoms with Crippen molar-refractivity contribution in [3.63, 3.8) is 0 Å². The van der Waals surface area contributed by atoms with Gasteiger partial charge in [0.1, 0.15) is 5.75 Å². The van der Waals surface area contributed by atoms with Crippen molar-refractivity contribution in [1.82, 2.24) is 4.98 Å². The Hall–Kier alpha value is -3.07. The number of ether oxygens (including phenoxy) is 4. The van der Waals surface area contributed by atoms with Gasteiger partial charge in [-0.05, 0) is 19.1 Å². The maximum atomic E-state index is 11.7. The number of aryl methyl sites for hydroxylation is 1. The molecule has 2 aromatic rings. The Kier molecular flexibility index (Phi) is 7.74. The molecule has 0 spiro atoms. The summed E-state index contributed by atoms with van der Waals surface area (Å²) in [5.41, 5.74) is 2.24. The van der Waals surface area contributed by atoms with Crippen LogP contribution < -0.4 is 4.74 Å². The lowest BCUT2D eigenvalue weighted by atomic mass is 10.1. The van der Waals surface area contributed by atoms with E-state index in [2.05, 4.69) is 4.98 Å². The Morgan fingerprint density at radius 1 is 0.875 bits per heavy atom. The zero-order valence-corrected chi connectivity index (χ0v) is 19.1. The molecular formula is C23H25NO7S. The summed E-state index contributed by atoms with van der Waals surface area (Å²) in [6.07, 6.45) is -1.16. The first-order chi connectivity index (χ1) is 15.2. The fraction of sp³-hybridized carbons (Fsp3) is 0.391. The molecule has 1 aliphatic heterocycles. The van der Waals surface area contributed by atoms with Gasteiger partial charge in [-0.3, -0.25) is 19.4 Å². The van der Waals surface area contributed by atoms with Crippen LogP contribution in [0.25, 0.3) is 11.3 Å². The molecule has 0 bridgehead atoms. The van der Waals surface area contributed by atoms with E-state index in [1.54, 1.807) is 12.3 Å². The molecule has 9 heteroatoms. The van der Waals surface area contributed by atoms with E-state index in [9.17, 15) is 14.4 Å². The molecule has 8 nitrogen and oxygen atoms in total. The number of aromatic nitrogens is 1. The lowest BCUT2D eigenvalue weighted by Gasteiger charge is -2.39. The zero-order valence-electron chi connectivity index (χ0n) is 18.3. The molecule has 3 rings (SSSR count).